The number of rotatable bonds is 2. The molecule has 1 saturated carbocycles. The first-order valence-electron chi connectivity index (χ1n) is 6.21. The lowest BCUT2D eigenvalue weighted by atomic mass is 10.0. The molecule has 3 nitrogen and oxygen atoms in total. The standard InChI is InChI=1S/C15H15NO2/c1-8-5-11-12(15(17)18)7-13(10-3-4-10)16-14(11)6-9(8)2/h5-7,10H,3-4H2,1-2H3,(H,17,18). The third-order valence-corrected chi connectivity index (χ3v) is 3.67. The minimum atomic E-state index is -0.868. The van der Waals surface area contributed by atoms with E-state index in [0.29, 0.717) is 11.5 Å². The molecule has 3 rings (SSSR count). The van der Waals surface area contributed by atoms with E-state index in [2.05, 4.69) is 4.98 Å². The van der Waals surface area contributed by atoms with Crippen LogP contribution in [0.1, 0.15) is 45.9 Å². The molecule has 18 heavy (non-hydrogen) atoms. The van der Waals surface area contributed by atoms with Crippen molar-refractivity contribution in [1.82, 2.24) is 4.98 Å². The lowest BCUT2D eigenvalue weighted by Gasteiger charge is -2.09. The van der Waals surface area contributed by atoms with Crippen LogP contribution >= 0.6 is 0 Å². The van der Waals surface area contributed by atoms with E-state index in [1.165, 1.54) is 0 Å². The highest BCUT2D eigenvalue weighted by atomic mass is 16.4. The number of carbonyl (C=O) groups is 1. The molecular weight excluding hydrogens is 226 g/mol. The SMILES string of the molecule is Cc1cc2nc(C3CC3)cc(C(=O)O)c2cc1C. The highest BCUT2D eigenvalue weighted by molar-refractivity contribution is 6.03. The molecule has 2 aromatic rings. The van der Waals surface area contributed by atoms with Crippen LogP contribution in [-0.4, -0.2) is 16.1 Å². The number of aryl methyl sites for hydroxylation is 2. The molecule has 1 aromatic carbocycles. The second-order valence-electron chi connectivity index (χ2n) is 5.13. The number of benzene rings is 1. The molecule has 0 unspecified atom stereocenters. The van der Waals surface area contributed by atoms with Crippen LogP contribution in [0.4, 0.5) is 0 Å². The summed E-state index contributed by atoms with van der Waals surface area (Å²) in [7, 11) is 0. The van der Waals surface area contributed by atoms with Gasteiger partial charge in [0, 0.05) is 17.0 Å². The summed E-state index contributed by atoms with van der Waals surface area (Å²) in [5.41, 5.74) is 4.37. The molecule has 0 saturated heterocycles. The Morgan fingerprint density at radius 3 is 2.50 bits per heavy atom. The summed E-state index contributed by atoms with van der Waals surface area (Å²) < 4.78 is 0. The van der Waals surface area contributed by atoms with Gasteiger partial charge in [-0.3, -0.25) is 4.98 Å². The van der Waals surface area contributed by atoms with E-state index < -0.39 is 5.97 Å². The third-order valence-electron chi connectivity index (χ3n) is 3.67. The Hall–Kier alpha value is -1.90. The highest BCUT2D eigenvalue weighted by Gasteiger charge is 2.27. The number of hydrogen-bond acceptors (Lipinski definition) is 2. The van der Waals surface area contributed by atoms with Crippen LogP contribution in [0.25, 0.3) is 10.9 Å². The number of carboxylic acid groups (broad SMARTS) is 1. The molecule has 1 N–H and O–H groups in total. The number of pyridine rings is 1. The highest BCUT2D eigenvalue weighted by Crippen LogP contribution is 2.40. The Bertz CT molecular complexity index is 657. The van der Waals surface area contributed by atoms with Crippen LogP contribution < -0.4 is 0 Å². The fraction of sp³-hybridized carbons (Fsp3) is 0.333. The van der Waals surface area contributed by atoms with Gasteiger partial charge in [0.2, 0.25) is 0 Å². The first kappa shape index (κ1) is 11.2. The van der Waals surface area contributed by atoms with Crippen molar-refractivity contribution in [2.75, 3.05) is 0 Å². The van der Waals surface area contributed by atoms with Crippen LogP contribution in [0.3, 0.4) is 0 Å². The maximum atomic E-state index is 11.4. The minimum absolute atomic E-state index is 0.380. The van der Waals surface area contributed by atoms with Gasteiger partial charge in [-0.1, -0.05) is 0 Å². The monoisotopic (exact) mass is 241 g/mol. The van der Waals surface area contributed by atoms with Crippen LogP contribution in [0, 0.1) is 13.8 Å². The summed E-state index contributed by atoms with van der Waals surface area (Å²) in [6, 6.07) is 5.66. The molecule has 0 bridgehead atoms. The van der Waals surface area contributed by atoms with Crippen molar-refractivity contribution in [1.29, 1.82) is 0 Å². The molecule has 92 valence electrons. The van der Waals surface area contributed by atoms with E-state index in [0.717, 1.165) is 40.6 Å². The molecule has 3 heteroatoms. The van der Waals surface area contributed by atoms with Gasteiger partial charge in [-0.25, -0.2) is 4.79 Å². The molecular formula is C15H15NO2. The van der Waals surface area contributed by atoms with Gasteiger partial charge >= 0.3 is 5.97 Å². The van der Waals surface area contributed by atoms with Crippen molar-refractivity contribution < 1.29 is 9.90 Å². The summed E-state index contributed by atoms with van der Waals surface area (Å²) in [6.07, 6.45) is 2.25. The second kappa shape index (κ2) is 3.80. The van der Waals surface area contributed by atoms with E-state index in [-0.39, 0.29) is 0 Å². The van der Waals surface area contributed by atoms with Crippen molar-refractivity contribution in [3.05, 3.63) is 40.6 Å². The van der Waals surface area contributed by atoms with Gasteiger partial charge in [-0.05, 0) is 56.0 Å². The molecule has 1 aliphatic carbocycles. The van der Waals surface area contributed by atoms with E-state index in [4.69, 9.17) is 0 Å². The van der Waals surface area contributed by atoms with Crippen LogP contribution in [0.2, 0.25) is 0 Å². The van der Waals surface area contributed by atoms with E-state index in [9.17, 15) is 9.90 Å². The lowest BCUT2D eigenvalue weighted by molar-refractivity contribution is 0.0699. The summed E-state index contributed by atoms with van der Waals surface area (Å²) in [5.74, 6) is -0.401. The van der Waals surface area contributed by atoms with Crippen molar-refractivity contribution in [2.45, 2.75) is 32.6 Å². The average Bonchev–Trinajstić information content (AvgIpc) is 3.13. The van der Waals surface area contributed by atoms with Crippen LogP contribution in [0.15, 0.2) is 18.2 Å². The predicted molar refractivity (Wildman–Crippen MR) is 70.2 cm³/mol. The fourth-order valence-corrected chi connectivity index (χ4v) is 2.27. The Morgan fingerprint density at radius 1 is 1.22 bits per heavy atom. The second-order valence-corrected chi connectivity index (χ2v) is 5.13. The largest absolute Gasteiger partial charge is 0.478 e. The van der Waals surface area contributed by atoms with Gasteiger partial charge in [-0.15, -0.1) is 0 Å². The number of nitrogens with zero attached hydrogens (tertiary/aromatic N) is 1. The van der Waals surface area contributed by atoms with E-state index >= 15 is 0 Å². The maximum absolute atomic E-state index is 11.4. The van der Waals surface area contributed by atoms with Crippen molar-refractivity contribution in [3.8, 4) is 0 Å². The van der Waals surface area contributed by atoms with Gasteiger partial charge in [0.1, 0.15) is 0 Å². The Balaban J connectivity index is 2.33. The summed E-state index contributed by atoms with van der Waals surface area (Å²) in [5, 5.41) is 10.1. The third kappa shape index (κ3) is 1.76. The minimum Gasteiger partial charge on any atom is -0.478 e. The van der Waals surface area contributed by atoms with Gasteiger partial charge in [0.05, 0.1) is 11.1 Å². The molecule has 0 atom stereocenters. The molecule has 0 aliphatic heterocycles. The van der Waals surface area contributed by atoms with Crippen molar-refractivity contribution >= 4 is 16.9 Å². The summed E-state index contributed by atoms with van der Waals surface area (Å²) in [4.78, 5) is 16.0. The number of hydrogen-bond donors (Lipinski definition) is 1. The molecule has 1 aromatic heterocycles. The zero-order valence-electron chi connectivity index (χ0n) is 10.5. The zero-order valence-corrected chi connectivity index (χ0v) is 10.5. The molecule has 1 fully saturated rings. The lowest BCUT2D eigenvalue weighted by Crippen LogP contribution is -2.02. The molecule has 0 amide bonds. The molecule has 0 radical (unpaired) electrons. The topological polar surface area (TPSA) is 50.2 Å². The van der Waals surface area contributed by atoms with Gasteiger partial charge < -0.3 is 5.11 Å². The smallest absolute Gasteiger partial charge is 0.336 e. The summed E-state index contributed by atoms with van der Waals surface area (Å²) in [6.45, 7) is 4.02. The Kier molecular flexibility index (Phi) is 2.37. The van der Waals surface area contributed by atoms with Crippen molar-refractivity contribution in [3.63, 3.8) is 0 Å². The zero-order chi connectivity index (χ0) is 12.9. The Morgan fingerprint density at radius 2 is 1.89 bits per heavy atom. The molecule has 1 aliphatic rings. The normalized spacial score (nSPS) is 15.0. The molecule has 0 spiro atoms. The average molecular weight is 241 g/mol. The van der Waals surface area contributed by atoms with Gasteiger partial charge in [-0.2, -0.15) is 0 Å². The van der Waals surface area contributed by atoms with Crippen LogP contribution in [-0.2, 0) is 0 Å². The quantitative estimate of drug-likeness (QED) is 0.876. The van der Waals surface area contributed by atoms with Gasteiger partial charge in [0.25, 0.3) is 0 Å². The van der Waals surface area contributed by atoms with E-state index in [1.807, 2.05) is 26.0 Å². The van der Waals surface area contributed by atoms with Crippen LogP contribution in [0.5, 0.6) is 0 Å². The fourth-order valence-electron chi connectivity index (χ4n) is 2.27. The van der Waals surface area contributed by atoms with E-state index in [1.54, 1.807) is 6.07 Å². The Labute approximate surface area is 105 Å². The predicted octanol–water partition coefficient (Wildman–Crippen LogP) is 3.43. The first-order chi connectivity index (χ1) is 8.56. The number of carboxylic acids is 1. The number of aromatic nitrogens is 1. The van der Waals surface area contributed by atoms with Crippen molar-refractivity contribution in [2.24, 2.45) is 0 Å². The first-order valence-corrected chi connectivity index (χ1v) is 6.21. The van der Waals surface area contributed by atoms with Gasteiger partial charge in [0.15, 0.2) is 0 Å². The number of fused-ring (bicyclic) bond motifs is 1. The number of aromatic carboxylic acids is 1. The molecule has 1 heterocycles. The summed E-state index contributed by atoms with van der Waals surface area (Å²) >= 11 is 0. The maximum Gasteiger partial charge on any atom is 0.336 e.